The predicted molar refractivity (Wildman–Crippen MR) is 57.4 cm³/mol. The highest BCUT2D eigenvalue weighted by Gasteiger charge is 1.95. The van der Waals surface area contributed by atoms with E-state index in [1.165, 1.54) is 0 Å². The Bertz CT molecular complexity index is 263. The van der Waals surface area contributed by atoms with Gasteiger partial charge in [-0.3, -0.25) is 4.68 Å². The molecule has 0 unspecified atom stereocenters. The Balaban J connectivity index is 1.93. The number of rotatable bonds is 8. The molecule has 1 aromatic rings. The van der Waals surface area contributed by atoms with Crippen LogP contribution in [-0.4, -0.2) is 41.3 Å². The molecule has 0 spiro atoms. The van der Waals surface area contributed by atoms with Gasteiger partial charge in [0, 0.05) is 26.4 Å². The molecule has 0 aliphatic carbocycles. The molecule has 0 fully saturated rings. The SMILES string of the molecule is Cn1ccc(CNCCCOCCO)n1. The number of aliphatic hydroxyl groups excluding tert-OH is 1. The van der Waals surface area contributed by atoms with Gasteiger partial charge in [0.15, 0.2) is 0 Å². The second-order valence-electron chi connectivity index (χ2n) is 3.35. The van der Waals surface area contributed by atoms with Crippen molar-refractivity contribution in [1.82, 2.24) is 15.1 Å². The topological polar surface area (TPSA) is 59.3 Å². The normalized spacial score (nSPS) is 10.8. The lowest BCUT2D eigenvalue weighted by atomic mass is 10.4. The Kier molecular flexibility index (Phi) is 5.99. The fourth-order valence-corrected chi connectivity index (χ4v) is 1.24. The van der Waals surface area contributed by atoms with Gasteiger partial charge in [-0.15, -0.1) is 0 Å². The summed E-state index contributed by atoms with van der Waals surface area (Å²) in [7, 11) is 1.91. The summed E-state index contributed by atoms with van der Waals surface area (Å²) in [5, 5.41) is 16.0. The van der Waals surface area contributed by atoms with Crippen LogP contribution in [0.3, 0.4) is 0 Å². The molecule has 5 heteroatoms. The van der Waals surface area contributed by atoms with Gasteiger partial charge < -0.3 is 15.2 Å². The fourth-order valence-electron chi connectivity index (χ4n) is 1.24. The Morgan fingerprint density at radius 1 is 1.53 bits per heavy atom. The molecule has 0 radical (unpaired) electrons. The van der Waals surface area contributed by atoms with E-state index in [0.29, 0.717) is 13.2 Å². The molecule has 5 nitrogen and oxygen atoms in total. The summed E-state index contributed by atoms with van der Waals surface area (Å²) < 4.78 is 6.92. The second-order valence-corrected chi connectivity index (χ2v) is 3.35. The summed E-state index contributed by atoms with van der Waals surface area (Å²) in [4.78, 5) is 0. The standard InChI is InChI=1S/C10H19N3O2/c1-13-5-3-10(12-13)9-11-4-2-7-15-8-6-14/h3,5,11,14H,2,4,6-9H2,1H3. The first-order valence-corrected chi connectivity index (χ1v) is 5.21. The molecular weight excluding hydrogens is 194 g/mol. The number of ether oxygens (including phenoxy) is 1. The van der Waals surface area contributed by atoms with Crippen molar-refractivity contribution in [3.05, 3.63) is 18.0 Å². The van der Waals surface area contributed by atoms with E-state index >= 15 is 0 Å². The lowest BCUT2D eigenvalue weighted by molar-refractivity contribution is 0.0907. The molecule has 0 saturated carbocycles. The third-order valence-corrected chi connectivity index (χ3v) is 1.95. The predicted octanol–water partition coefficient (Wildman–Crippen LogP) is -0.0913. The maximum atomic E-state index is 8.47. The van der Waals surface area contributed by atoms with E-state index in [4.69, 9.17) is 9.84 Å². The van der Waals surface area contributed by atoms with E-state index in [-0.39, 0.29) is 6.61 Å². The van der Waals surface area contributed by atoms with Crippen LogP contribution >= 0.6 is 0 Å². The number of aromatic nitrogens is 2. The average Bonchev–Trinajstić information content (AvgIpc) is 2.63. The molecule has 1 rings (SSSR count). The van der Waals surface area contributed by atoms with Crippen molar-refractivity contribution < 1.29 is 9.84 Å². The van der Waals surface area contributed by atoms with Crippen molar-refractivity contribution in [1.29, 1.82) is 0 Å². The van der Waals surface area contributed by atoms with E-state index in [1.807, 2.05) is 19.3 Å². The van der Waals surface area contributed by atoms with Crippen molar-refractivity contribution in [3.8, 4) is 0 Å². The highest BCUT2D eigenvalue weighted by atomic mass is 16.5. The van der Waals surface area contributed by atoms with Crippen molar-refractivity contribution in [2.24, 2.45) is 7.05 Å². The van der Waals surface area contributed by atoms with Crippen LogP contribution in [0.5, 0.6) is 0 Å². The Hall–Kier alpha value is -0.910. The van der Waals surface area contributed by atoms with E-state index in [2.05, 4.69) is 10.4 Å². The molecule has 1 aromatic heterocycles. The number of hydrogen-bond donors (Lipinski definition) is 2. The van der Waals surface area contributed by atoms with Gasteiger partial charge in [0.1, 0.15) is 0 Å². The minimum atomic E-state index is 0.0986. The first-order valence-electron chi connectivity index (χ1n) is 5.21. The minimum Gasteiger partial charge on any atom is -0.394 e. The highest BCUT2D eigenvalue weighted by molar-refractivity contribution is 4.97. The van der Waals surface area contributed by atoms with Crippen LogP contribution in [0.1, 0.15) is 12.1 Å². The fraction of sp³-hybridized carbons (Fsp3) is 0.700. The summed E-state index contributed by atoms with van der Waals surface area (Å²) in [5.41, 5.74) is 1.05. The molecule has 0 atom stereocenters. The summed E-state index contributed by atoms with van der Waals surface area (Å²) in [6, 6.07) is 2.00. The van der Waals surface area contributed by atoms with E-state index < -0.39 is 0 Å². The van der Waals surface area contributed by atoms with Crippen LogP contribution in [0.15, 0.2) is 12.3 Å². The average molecular weight is 213 g/mol. The molecular formula is C10H19N3O2. The largest absolute Gasteiger partial charge is 0.394 e. The Morgan fingerprint density at radius 2 is 2.40 bits per heavy atom. The quantitative estimate of drug-likeness (QED) is 0.592. The van der Waals surface area contributed by atoms with Gasteiger partial charge in [0.2, 0.25) is 0 Å². The number of nitrogens with one attached hydrogen (secondary N) is 1. The van der Waals surface area contributed by atoms with Crippen molar-refractivity contribution in [2.75, 3.05) is 26.4 Å². The first kappa shape index (κ1) is 12.2. The molecule has 15 heavy (non-hydrogen) atoms. The summed E-state index contributed by atoms with van der Waals surface area (Å²) in [6.07, 6.45) is 2.88. The van der Waals surface area contributed by atoms with Gasteiger partial charge in [0.05, 0.1) is 18.9 Å². The number of nitrogens with zero attached hydrogens (tertiary/aromatic N) is 2. The molecule has 0 bridgehead atoms. The zero-order valence-corrected chi connectivity index (χ0v) is 9.15. The van der Waals surface area contributed by atoms with Crippen LogP contribution in [0.4, 0.5) is 0 Å². The van der Waals surface area contributed by atoms with Gasteiger partial charge in [-0.05, 0) is 19.0 Å². The summed E-state index contributed by atoms with van der Waals surface area (Å²) in [6.45, 7) is 2.92. The van der Waals surface area contributed by atoms with Crippen LogP contribution < -0.4 is 5.32 Å². The molecule has 0 aromatic carbocycles. The molecule has 0 aliphatic rings. The number of aliphatic hydroxyl groups is 1. The smallest absolute Gasteiger partial charge is 0.0762 e. The van der Waals surface area contributed by atoms with Gasteiger partial charge in [-0.25, -0.2) is 0 Å². The van der Waals surface area contributed by atoms with Gasteiger partial charge in [-0.2, -0.15) is 5.10 Å². The lowest BCUT2D eigenvalue weighted by Crippen LogP contribution is -2.17. The highest BCUT2D eigenvalue weighted by Crippen LogP contribution is 1.92. The van der Waals surface area contributed by atoms with E-state index in [1.54, 1.807) is 4.68 Å². The zero-order valence-electron chi connectivity index (χ0n) is 9.15. The van der Waals surface area contributed by atoms with Crippen LogP contribution in [0.25, 0.3) is 0 Å². The second kappa shape index (κ2) is 7.39. The number of hydrogen-bond acceptors (Lipinski definition) is 4. The molecule has 86 valence electrons. The van der Waals surface area contributed by atoms with Gasteiger partial charge in [-0.1, -0.05) is 0 Å². The van der Waals surface area contributed by atoms with Gasteiger partial charge >= 0.3 is 0 Å². The minimum absolute atomic E-state index is 0.0986. The molecule has 2 N–H and O–H groups in total. The monoisotopic (exact) mass is 213 g/mol. The van der Waals surface area contributed by atoms with Crippen LogP contribution in [-0.2, 0) is 18.3 Å². The lowest BCUT2D eigenvalue weighted by Gasteiger charge is -2.03. The van der Waals surface area contributed by atoms with E-state index in [0.717, 1.165) is 25.2 Å². The van der Waals surface area contributed by atoms with Gasteiger partial charge in [0.25, 0.3) is 0 Å². The molecule has 0 saturated heterocycles. The number of aryl methyl sites for hydroxylation is 1. The van der Waals surface area contributed by atoms with Crippen molar-refractivity contribution in [2.45, 2.75) is 13.0 Å². The third-order valence-electron chi connectivity index (χ3n) is 1.95. The third kappa shape index (κ3) is 5.51. The van der Waals surface area contributed by atoms with Crippen molar-refractivity contribution in [3.63, 3.8) is 0 Å². The molecule has 0 amide bonds. The Labute approximate surface area is 90.1 Å². The summed E-state index contributed by atoms with van der Waals surface area (Å²) in [5.74, 6) is 0. The maximum Gasteiger partial charge on any atom is 0.0762 e. The summed E-state index contributed by atoms with van der Waals surface area (Å²) >= 11 is 0. The maximum absolute atomic E-state index is 8.47. The first-order chi connectivity index (χ1) is 7.33. The van der Waals surface area contributed by atoms with E-state index in [9.17, 15) is 0 Å². The van der Waals surface area contributed by atoms with Crippen LogP contribution in [0, 0.1) is 0 Å². The Morgan fingerprint density at radius 3 is 3.07 bits per heavy atom. The molecule has 1 heterocycles. The zero-order chi connectivity index (χ0) is 10.9. The van der Waals surface area contributed by atoms with Crippen molar-refractivity contribution >= 4 is 0 Å². The van der Waals surface area contributed by atoms with Crippen LogP contribution in [0.2, 0.25) is 0 Å². The molecule has 0 aliphatic heterocycles.